The number of carbonyl (C=O) groups is 1. The van der Waals surface area contributed by atoms with E-state index < -0.39 is 22.5 Å². The van der Waals surface area contributed by atoms with Gasteiger partial charge in [-0.15, -0.1) is 0 Å². The maximum absolute atomic E-state index is 13.5. The molecule has 0 radical (unpaired) electrons. The summed E-state index contributed by atoms with van der Waals surface area (Å²) in [4.78, 5) is 13.0. The fourth-order valence-corrected chi connectivity index (χ4v) is 5.32. The van der Waals surface area contributed by atoms with Crippen LogP contribution < -0.4 is 14.4 Å². The molecule has 3 rings (SSSR count). The Kier molecular flexibility index (Phi) is 8.58. The molecule has 180 valence electrons. The number of benzene rings is 3. The fourth-order valence-electron chi connectivity index (χ4n) is 3.63. The topological polar surface area (TPSA) is 75.7 Å². The Morgan fingerprint density at radius 2 is 1.71 bits per heavy atom. The van der Waals surface area contributed by atoms with E-state index in [-0.39, 0.29) is 15.6 Å². The third kappa shape index (κ3) is 5.90. The van der Waals surface area contributed by atoms with Gasteiger partial charge in [0.05, 0.1) is 22.7 Å². The number of sulfonamides is 1. The SMILES string of the molecule is CCc1ccc(CC)c(CNC(=O)CN(c2ccc(OC)c(Cl)c2)S(=O)(=O)c2ccccc2)c1. The Morgan fingerprint density at radius 3 is 2.32 bits per heavy atom. The number of carbonyl (C=O) groups excluding carboxylic acids is 1. The number of hydrogen-bond acceptors (Lipinski definition) is 4. The average molecular weight is 501 g/mol. The first-order valence-electron chi connectivity index (χ1n) is 11.1. The van der Waals surface area contributed by atoms with E-state index in [4.69, 9.17) is 16.3 Å². The smallest absolute Gasteiger partial charge is 0.264 e. The van der Waals surface area contributed by atoms with Gasteiger partial charge in [-0.25, -0.2) is 8.42 Å². The number of nitrogens with one attached hydrogen (secondary N) is 1. The molecule has 8 heteroatoms. The van der Waals surface area contributed by atoms with Crippen molar-refractivity contribution in [3.05, 3.63) is 88.4 Å². The van der Waals surface area contributed by atoms with Gasteiger partial charge in [0, 0.05) is 6.54 Å². The highest BCUT2D eigenvalue weighted by Gasteiger charge is 2.27. The van der Waals surface area contributed by atoms with Gasteiger partial charge < -0.3 is 10.1 Å². The number of nitrogens with zero attached hydrogens (tertiary/aromatic N) is 1. The summed E-state index contributed by atoms with van der Waals surface area (Å²) in [5.41, 5.74) is 3.63. The van der Waals surface area contributed by atoms with Crippen molar-refractivity contribution in [1.29, 1.82) is 0 Å². The van der Waals surface area contributed by atoms with E-state index in [1.165, 1.54) is 30.9 Å². The van der Waals surface area contributed by atoms with Crippen LogP contribution in [0.5, 0.6) is 5.75 Å². The van der Waals surface area contributed by atoms with E-state index in [2.05, 4.69) is 37.4 Å². The Hall–Kier alpha value is -3.03. The minimum absolute atomic E-state index is 0.0821. The maximum Gasteiger partial charge on any atom is 0.264 e. The lowest BCUT2D eigenvalue weighted by molar-refractivity contribution is -0.119. The van der Waals surface area contributed by atoms with E-state index in [0.29, 0.717) is 12.3 Å². The zero-order valence-corrected chi connectivity index (χ0v) is 21.1. The van der Waals surface area contributed by atoms with Crippen LogP contribution in [0.2, 0.25) is 5.02 Å². The van der Waals surface area contributed by atoms with E-state index in [1.54, 1.807) is 30.3 Å². The first kappa shape index (κ1) is 25.6. The standard InChI is InChI=1S/C26H29ClN2O4S/c1-4-19-11-12-20(5-2)21(15-19)17-28-26(30)18-29(22-13-14-25(33-3)24(27)16-22)34(31,32)23-9-7-6-8-10-23/h6-16H,4-5,17-18H2,1-3H3,(H,28,30). The molecule has 3 aromatic carbocycles. The van der Waals surface area contributed by atoms with Crippen molar-refractivity contribution in [2.24, 2.45) is 0 Å². The highest BCUT2D eigenvalue weighted by Crippen LogP contribution is 2.31. The van der Waals surface area contributed by atoms with Crippen molar-refractivity contribution in [3.8, 4) is 5.75 Å². The van der Waals surface area contributed by atoms with Crippen LogP contribution in [0.15, 0.2) is 71.6 Å². The predicted molar refractivity (Wildman–Crippen MR) is 136 cm³/mol. The van der Waals surface area contributed by atoms with Gasteiger partial charge in [0.25, 0.3) is 10.0 Å². The van der Waals surface area contributed by atoms with Gasteiger partial charge in [0.2, 0.25) is 5.91 Å². The average Bonchev–Trinajstić information content (AvgIpc) is 2.86. The number of anilines is 1. The Labute approximate surface area is 206 Å². The lowest BCUT2D eigenvalue weighted by atomic mass is 10.0. The molecule has 0 fully saturated rings. The summed E-state index contributed by atoms with van der Waals surface area (Å²) in [6, 6.07) is 18.9. The molecular weight excluding hydrogens is 472 g/mol. The van der Waals surface area contributed by atoms with Crippen molar-refractivity contribution in [3.63, 3.8) is 0 Å². The van der Waals surface area contributed by atoms with Gasteiger partial charge in [-0.2, -0.15) is 0 Å². The summed E-state index contributed by atoms with van der Waals surface area (Å²) in [5.74, 6) is -0.00905. The van der Waals surface area contributed by atoms with Gasteiger partial charge in [-0.05, 0) is 59.9 Å². The van der Waals surface area contributed by atoms with Crippen LogP contribution in [0.4, 0.5) is 5.69 Å². The first-order chi connectivity index (χ1) is 16.3. The quantitative estimate of drug-likeness (QED) is 0.425. The van der Waals surface area contributed by atoms with Crippen LogP contribution in [0, 0.1) is 0 Å². The number of aryl methyl sites for hydroxylation is 2. The summed E-state index contributed by atoms with van der Waals surface area (Å²) in [7, 11) is -2.54. The van der Waals surface area contributed by atoms with Crippen molar-refractivity contribution >= 4 is 33.2 Å². The van der Waals surface area contributed by atoms with Gasteiger partial charge in [0.15, 0.2) is 0 Å². The summed E-state index contributed by atoms with van der Waals surface area (Å²) in [6.45, 7) is 4.07. The molecule has 6 nitrogen and oxygen atoms in total. The molecular formula is C26H29ClN2O4S. The molecule has 0 aromatic heterocycles. The zero-order chi connectivity index (χ0) is 24.7. The summed E-state index contributed by atoms with van der Waals surface area (Å²) in [5, 5.41) is 3.13. The predicted octanol–water partition coefficient (Wildman–Crippen LogP) is 4.99. The Morgan fingerprint density at radius 1 is 0.971 bits per heavy atom. The minimum Gasteiger partial charge on any atom is -0.495 e. The van der Waals surface area contributed by atoms with E-state index in [0.717, 1.165) is 28.3 Å². The van der Waals surface area contributed by atoms with Crippen molar-refractivity contribution in [1.82, 2.24) is 5.32 Å². The second-order valence-corrected chi connectivity index (χ2v) is 10.00. The highest BCUT2D eigenvalue weighted by molar-refractivity contribution is 7.92. The number of methoxy groups -OCH3 is 1. The Bertz CT molecular complexity index is 1250. The maximum atomic E-state index is 13.5. The van der Waals surface area contributed by atoms with Crippen LogP contribution in [-0.4, -0.2) is 28.0 Å². The van der Waals surface area contributed by atoms with Gasteiger partial charge in [0.1, 0.15) is 12.3 Å². The highest BCUT2D eigenvalue weighted by atomic mass is 35.5. The lowest BCUT2D eigenvalue weighted by Crippen LogP contribution is -2.40. The third-order valence-corrected chi connectivity index (χ3v) is 7.66. The van der Waals surface area contributed by atoms with Crippen LogP contribution in [0.3, 0.4) is 0 Å². The Balaban J connectivity index is 1.89. The number of ether oxygens (including phenoxy) is 1. The minimum atomic E-state index is -4.02. The molecule has 1 amide bonds. The van der Waals surface area contributed by atoms with Crippen LogP contribution >= 0.6 is 11.6 Å². The third-order valence-electron chi connectivity index (χ3n) is 5.58. The van der Waals surface area contributed by atoms with Crippen LogP contribution in [0.25, 0.3) is 0 Å². The normalized spacial score (nSPS) is 11.2. The monoisotopic (exact) mass is 500 g/mol. The molecule has 0 aliphatic heterocycles. The summed E-state index contributed by atoms with van der Waals surface area (Å²) in [6.07, 6.45) is 1.74. The molecule has 3 aromatic rings. The molecule has 34 heavy (non-hydrogen) atoms. The first-order valence-corrected chi connectivity index (χ1v) is 12.9. The van der Waals surface area contributed by atoms with Crippen molar-refractivity contribution in [2.45, 2.75) is 38.1 Å². The molecule has 0 bridgehead atoms. The van der Waals surface area contributed by atoms with Crippen molar-refractivity contribution in [2.75, 3.05) is 18.0 Å². The number of hydrogen-bond donors (Lipinski definition) is 1. The number of amides is 1. The molecule has 0 saturated heterocycles. The number of halogens is 1. The molecule has 0 saturated carbocycles. The fraction of sp³-hybridized carbons (Fsp3) is 0.269. The second-order valence-electron chi connectivity index (χ2n) is 7.73. The lowest BCUT2D eigenvalue weighted by Gasteiger charge is -2.24. The second kappa shape index (κ2) is 11.4. The molecule has 0 aliphatic rings. The van der Waals surface area contributed by atoms with E-state index in [9.17, 15) is 13.2 Å². The molecule has 1 N–H and O–H groups in total. The summed E-state index contributed by atoms with van der Waals surface area (Å²) >= 11 is 6.26. The molecule has 0 heterocycles. The summed E-state index contributed by atoms with van der Waals surface area (Å²) < 4.78 is 33.2. The molecule has 0 unspecified atom stereocenters. The van der Waals surface area contributed by atoms with E-state index in [1.807, 2.05) is 0 Å². The van der Waals surface area contributed by atoms with Gasteiger partial charge in [-0.1, -0.05) is 61.8 Å². The zero-order valence-electron chi connectivity index (χ0n) is 19.5. The largest absolute Gasteiger partial charge is 0.495 e. The van der Waals surface area contributed by atoms with Crippen LogP contribution in [-0.2, 0) is 34.2 Å². The molecule has 0 spiro atoms. The van der Waals surface area contributed by atoms with Crippen molar-refractivity contribution < 1.29 is 17.9 Å². The van der Waals surface area contributed by atoms with Gasteiger partial charge in [-0.3, -0.25) is 9.10 Å². The molecule has 0 atom stereocenters. The number of rotatable bonds is 10. The molecule has 0 aliphatic carbocycles. The van der Waals surface area contributed by atoms with Gasteiger partial charge >= 0.3 is 0 Å². The van der Waals surface area contributed by atoms with E-state index >= 15 is 0 Å². The van der Waals surface area contributed by atoms with Crippen LogP contribution in [0.1, 0.15) is 30.5 Å².